The minimum atomic E-state index is 0. The maximum atomic E-state index is 10.4. The van der Waals surface area contributed by atoms with Crippen LogP contribution in [0.2, 0.25) is 0 Å². The fraction of sp³-hybridized carbons (Fsp3) is 0.278. The average molecular weight is 317 g/mol. The van der Waals surface area contributed by atoms with Crippen molar-refractivity contribution in [1.82, 2.24) is 4.48 Å². The lowest BCUT2D eigenvalue weighted by atomic mass is 10.0. The quantitative estimate of drug-likeness (QED) is 0.824. The normalized spacial score (nSPS) is 20.0. The Morgan fingerprint density at radius 2 is 1.68 bits per heavy atom. The molecule has 1 aliphatic heterocycles. The maximum absolute atomic E-state index is 10.4. The topological polar surface area (TPSA) is 32.6 Å². The van der Waals surface area contributed by atoms with Crippen molar-refractivity contribution in [2.24, 2.45) is 4.99 Å². The first-order valence-electron chi connectivity index (χ1n) is 7.30. The van der Waals surface area contributed by atoms with Crippen LogP contribution in [0.3, 0.4) is 0 Å². The van der Waals surface area contributed by atoms with Crippen molar-refractivity contribution in [3.05, 3.63) is 53.1 Å². The molecule has 1 unspecified atom stereocenters. The Balaban J connectivity index is 0.00000176. The third-order valence-electron chi connectivity index (χ3n) is 4.21. The van der Waals surface area contributed by atoms with Gasteiger partial charge in [-0.05, 0) is 26.8 Å². The van der Waals surface area contributed by atoms with E-state index < -0.39 is 0 Å². The number of benzene rings is 2. The lowest BCUT2D eigenvalue weighted by Gasteiger charge is -2.32. The van der Waals surface area contributed by atoms with Crippen LogP contribution >= 0.6 is 0 Å². The van der Waals surface area contributed by atoms with Gasteiger partial charge in [0.15, 0.2) is 17.8 Å². The lowest BCUT2D eigenvalue weighted by molar-refractivity contribution is -0.00000539. The smallest absolute Gasteiger partial charge is 0.196 e. The van der Waals surface area contributed by atoms with E-state index in [1.807, 2.05) is 24.5 Å². The highest BCUT2D eigenvalue weighted by molar-refractivity contribution is 5.89. The summed E-state index contributed by atoms with van der Waals surface area (Å²) in [7, 11) is 0. The predicted octanol–water partition coefficient (Wildman–Crippen LogP) is 1.00. The number of hydrogen-bond acceptors (Lipinski definition) is 2. The molecule has 1 atom stereocenters. The molecule has 0 radical (unpaired) electrons. The van der Waals surface area contributed by atoms with E-state index >= 15 is 0 Å². The third-order valence-corrected chi connectivity index (χ3v) is 4.21. The minimum absolute atomic E-state index is 0. The Labute approximate surface area is 137 Å². The van der Waals surface area contributed by atoms with Crippen molar-refractivity contribution >= 4 is 17.7 Å². The largest absolute Gasteiger partial charge is 1.00 e. The van der Waals surface area contributed by atoms with E-state index in [0.717, 1.165) is 18.8 Å². The van der Waals surface area contributed by atoms with Crippen molar-refractivity contribution < 1.29 is 17.5 Å². The fourth-order valence-electron chi connectivity index (χ4n) is 3.55. The molecule has 0 amide bonds. The monoisotopic (exact) mass is 316 g/mol. The molecular weight excluding hydrogens is 296 g/mol. The molecular formula is C18H21ClN2O. The van der Waals surface area contributed by atoms with Crippen molar-refractivity contribution in [3.8, 4) is 5.75 Å². The number of aliphatic imine (C=N–C) groups is 1. The second-order valence-corrected chi connectivity index (χ2v) is 5.85. The van der Waals surface area contributed by atoms with E-state index in [9.17, 15) is 5.11 Å². The van der Waals surface area contributed by atoms with Crippen LogP contribution in [0.5, 0.6) is 5.75 Å². The van der Waals surface area contributed by atoms with Gasteiger partial charge in [-0.3, -0.25) is 0 Å². The Hall–Kier alpha value is -1.84. The summed E-state index contributed by atoms with van der Waals surface area (Å²) in [5.41, 5.74) is 5.87. The molecule has 0 saturated heterocycles. The molecule has 4 heteroatoms. The second kappa shape index (κ2) is 6.11. The Morgan fingerprint density at radius 3 is 2.23 bits per heavy atom. The Kier molecular flexibility index (Phi) is 4.59. The number of rotatable bonds is 2. The zero-order valence-corrected chi connectivity index (χ0v) is 13.9. The number of nitrogens with zero attached hydrogens (tertiary/aromatic N) is 2. The first-order valence-corrected chi connectivity index (χ1v) is 7.30. The van der Waals surface area contributed by atoms with E-state index in [2.05, 4.69) is 37.9 Å². The van der Waals surface area contributed by atoms with Gasteiger partial charge in [0.1, 0.15) is 12.2 Å². The van der Waals surface area contributed by atoms with Crippen LogP contribution < -0.4 is 16.9 Å². The fourth-order valence-corrected chi connectivity index (χ4v) is 3.55. The van der Waals surface area contributed by atoms with Crippen LogP contribution in [-0.2, 0) is 0 Å². The second-order valence-electron chi connectivity index (χ2n) is 5.85. The standard InChI is InChI=1S/C18H20N2O.ClH/c1-13-10-14(2)18(15(3)11-13)20(9-8-19-12-20)16-6-4-5-7-17(16)21;/h4-7,10-12H,8-9H2,1-3H3;1H. The van der Waals surface area contributed by atoms with Gasteiger partial charge in [-0.15, -0.1) is 0 Å². The molecule has 0 saturated carbocycles. The summed E-state index contributed by atoms with van der Waals surface area (Å²) in [6, 6.07) is 12.0. The minimum Gasteiger partial charge on any atom is -1.00 e. The lowest BCUT2D eigenvalue weighted by Crippen LogP contribution is -3.00. The Bertz CT molecular complexity index is 704. The van der Waals surface area contributed by atoms with E-state index in [1.54, 1.807) is 6.07 Å². The van der Waals surface area contributed by atoms with Gasteiger partial charge in [0, 0.05) is 17.2 Å². The number of phenolic OH excluding ortho intramolecular Hbond substituents is 1. The number of para-hydroxylation sites is 2. The summed E-state index contributed by atoms with van der Waals surface area (Å²) in [6.45, 7) is 8.03. The van der Waals surface area contributed by atoms with Crippen LogP contribution in [0.1, 0.15) is 16.7 Å². The number of phenols is 1. The average Bonchev–Trinajstić information content (AvgIpc) is 2.88. The van der Waals surface area contributed by atoms with E-state index in [-0.39, 0.29) is 12.4 Å². The van der Waals surface area contributed by atoms with Crippen LogP contribution in [-0.4, -0.2) is 24.5 Å². The van der Waals surface area contributed by atoms with Gasteiger partial charge in [-0.2, -0.15) is 0 Å². The summed E-state index contributed by atoms with van der Waals surface area (Å²) in [5.74, 6) is 0.324. The van der Waals surface area contributed by atoms with Crippen LogP contribution in [0.25, 0.3) is 0 Å². The molecule has 3 rings (SSSR count). The molecule has 22 heavy (non-hydrogen) atoms. The Morgan fingerprint density at radius 1 is 1.05 bits per heavy atom. The van der Waals surface area contributed by atoms with Gasteiger partial charge >= 0.3 is 0 Å². The van der Waals surface area contributed by atoms with Gasteiger partial charge < -0.3 is 17.5 Å². The number of aryl methyl sites for hydroxylation is 3. The van der Waals surface area contributed by atoms with Crippen molar-refractivity contribution in [3.63, 3.8) is 0 Å². The molecule has 2 aromatic rings. The third kappa shape index (κ3) is 2.51. The molecule has 1 N–H and O–H groups in total. The van der Waals surface area contributed by atoms with Crippen LogP contribution in [0.4, 0.5) is 11.4 Å². The molecule has 2 aromatic carbocycles. The molecule has 3 nitrogen and oxygen atoms in total. The van der Waals surface area contributed by atoms with E-state index in [0.29, 0.717) is 10.2 Å². The van der Waals surface area contributed by atoms with Crippen LogP contribution in [0.15, 0.2) is 41.4 Å². The molecule has 1 heterocycles. The summed E-state index contributed by atoms with van der Waals surface area (Å²) in [4.78, 5) is 4.47. The van der Waals surface area contributed by atoms with Gasteiger partial charge in [0.2, 0.25) is 0 Å². The number of hydrogen-bond donors (Lipinski definition) is 1. The zero-order chi connectivity index (χ0) is 15.0. The van der Waals surface area contributed by atoms with E-state index in [4.69, 9.17) is 0 Å². The number of halogens is 1. The molecule has 0 aromatic heterocycles. The van der Waals surface area contributed by atoms with Gasteiger partial charge in [0.25, 0.3) is 0 Å². The highest BCUT2D eigenvalue weighted by Gasteiger charge is 2.39. The van der Waals surface area contributed by atoms with E-state index in [1.165, 1.54) is 22.4 Å². The number of aromatic hydroxyl groups is 1. The van der Waals surface area contributed by atoms with Crippen LogP contribution in [0, 0.1) is 20.8 Å². The van der Waals surface area contributed by atoms with Gasteiger partial charge in [0.05, 0.1) is 6.54 Å². The van der Waals surface area contributed by atoms with Crippen molar-refractivity contribution in [2.75, 3.05) is 13.1 Å². The highest BCUT2D eigenvalue weighted by Crippen LogP contribution is 2.43. The molecule has 0 spiro atoms. The summed E-state index contributed by atoms with van der Waals surface area (Å²) < 4.78 is 0.505. The molecule has 116 valence electrons. The summed E-state index contributed by atoms with van der Waals surface area (Å²) >= 11 is 0. The first kappa shape index (κ1) is 16.5. The van der Waals surface area contributed by atoms with Crippen molar-refractivity contribution in [1.29, 1.82) is 0 Å². The molecule has 0 fully saturated rings. The first-order chi connectivity index (χ1) is 10.0. The highest BCUT2D eigenvalue weighted by atomic mass is 35.5. The number of quaternary nitrogens is 1. The van der Waals surface area contributed by atoms with Gasteiger partial charge in [-0.1, -0.05) is 29.8 Å². The SMILES string of the molecule is Cc1cc(C)c([N+]2(c3ccccc3O)C=NCC2)c(C)c1.[Cl-]. The summed E-state index contributed by atoms with van der Waals surface area (Å²) in [5, 5.41) is 10.4. The van der Waals surface area contributed by atoms with Gasteiger partial charge in [-0.25, -0.2) is 9.48 Å². The molecule has 0 aliphatic carbocycles. The summed E-state index contributed by atoms with van der Waals surface area (Å²) in [6.07, 6.45) is 1.97. The molecule has 0 bridgehead atoms. The zero-order valence-electron chi connectivity index (χ0n) is 13.2. The predicted molar refractivity (Wildman–Crippen MR) is 88.4 cm³/mol. The van der Waals surface area contributed by atoms with Crippen molar-refractivity contribution in [2.45, 2.75) is 20.8 Å². The maximum Gasteiger partial charge on any atom is 0.196 e. The molecule has 1 aliphatic rings.